The van der Waals surface area contributed by atoms with E-state index in [-0.39, 0.29) is 17.6 Å². The van der Waals surface area contributed by atoms with Crippen LogP contribution in [0.15, 0.2) is 79.0 Å². The summed E-state index contributed by atoms with van der Waals surface area (Å²) in [6.45, 7) is 10.5. The first-order valence-electron chi connectivity index (χ1n) is 13.1. The van der Waals surface area contributed by atoms with Crippen LogP contribution in [-0.4, -0.2) is 19.6 Å². The summed E-state index contributed by atoms with van der Waals surface area (Å²) in [7, 11) is 0. The summed E-state index contributed by atoms with van der Waals surface area (Å²) in [4.78, 5) is 9.51. The smallest absolute Gasteiger partial charge is 0.223 e. The summed E-state index contributed by atoms with van der Waals surface area (Å²) in [6, 6.07) is 24.7. The second-order valence-electron chi connectivity index (χ2n) is 10.6. The van der Waals surface area contributed by atoms with Gasteiger partial charge in [0.15, 0.2) is 0 Å². The van der Waals surface area contributed by atoms with Crippen LogP contribution in [0.25, 0.3) is 38.5 Å². The normalized spacial score (nSPS) is 11.9. The molecule has 0 aliphatic rings. The van der Waals surface area contributed by atoms with Crippen molar-refractivity contribution in [2.75, 3.05) is 0 Å². The van der Waals surface area contributed by atoms with E-state index in [9.17, 15) is 5.11 Å². The monoisotopic (exact) mass is 501 g/mol. The van der Waals surface area contributed by atoms with Crippen molar-refractivity contribution in [3.05, 3.63) is 95.7 Å². The number of ether oxygens (including phenoxy) is 1. The first kappa shape index (κ1) is 24.0. The molecule has 5 nitrogen and oxygen atoms in total. The molecule has 190 valence electrons. The number of rotatable bonds is 5. The SMILES string of the molecule is Cc1ccc2c3ccc(Oc4nc5c(O)c(C(C)C)ccc5cc4C(C)C)cc3n(-c3ccccn3)c2c1. The van der Waals surface area contributed by atoms with Gasteiger partial charge < -0.3 is 9.84 Å². The van der Waals surface area contributed by atoms with Gasteiger partial charge in [0, 0.05) is 34.0 Å². The van der Waals surface area contributed by atoms with Crippen molar-refractivity contribution in [3.63, 3.8) is 0 Å². The Morgan fingerprint density at radius 2 is 1.53 bits per heavy atom. The highest BCUT2D eigenvalue weighted by molar-refractivity contribution is 6.09. The van der Waals surface area contributed by atoms with Crippen molar-refractivity contribution < 1.29 is 9.84 Å². The maximum absolute atomic E-state index is 11.0. The van der Waals surface area contributed by atoms with Gasteiger partial charge in [-0.3, -0.25) is 4.57 Å². The number of phenolic OH excluding ortho intramolecular Hbond substituents is 1. The van der Waals surface area contributed by atoms with Crippen molar-refractivity contribution in [1.82, 2.24) is 14.5 Å². The van der Waals surface area contributed by atoms with Gasteiger partial charge >= 0.3 is 0 Å². The van der Waals surface area contributed by atoms with E-state index in [1.165, 1.54) is 10.9 Å². The Bertz CT molecular complexity index is 1820. The highest BCUT2D eigenvalue weighted by Crippen LogP contribution is 2.39. The molecule has 0 spiro atoms. The third-order valence-corrected chi connectivity index (χ3v) is 7.22. The van der Waals surface area contributed by atoms with Gasteiger partial charge in [0.05, 0.1) is 11.0 Å². The van der Waals surface area contributed by atoms with Crippen molar-refractivity contribution in [2.45, 2.75) is 46.5 Å². The Morgan fingerprint density at radius 3 is 2.24 bits per heavy atom. The van der Waals surface area contributed by atoms with Gasteiger partial charge in [0.25, 0.3) is 0 Å². The van der Waals surface area contributed by atoms with Crippen molar-refractivity contribution in [3.8, 4) is 23.2 Å². The topological polar surface area (TPSA) is 60.2 Å². The predicted octanol–water partition coefficient (Wildman–Crippen LogP) is 8.78. The van der Waals surface area contributed by atoms with Crippen LogP contribution in [0.3, 0.4) is 0 Å². The largest absolute Gasteiger partial charge is 0.505 e. The van der Waals surface area contributed by atoms with E-state index in [4.69, 9.17) is 9.72 Å². The Kier molecular flexibility index (Phi) is 5.79. The summed E-state index contributed by atoms with van der Waals surface area (Å²) in [6.07, 6.45) is 1.81. The molecule has 0 amide bonds. The lowest BCUT2D eigenvalue weighted by atomic mass is 9.97. The molecule has 0 saturated carbocycles. The van der Waals surface area contributed by atoms with E-state index in [0.717, 1.165) is 38.8 Å². The van der Waals surface area contributed by atoms with Crippen LogP contribution in [0, 0.1) is 6.92 Å². The highest BCUT2D eigenvalue weighted by Gasteiger charge is 2.19. The van der Waals surface area contributed by atoms with Gasteiger partial charge in [-0.15, -0.1) is 0 Å². The van der Waals surface area contributed by atoms with Gasteiger partial charge in [0.1, 0.15) is 22.8 Å². The second kappa shape index (κ2) is 9.18. The maximum Gasteiger partial charge on any atom is 0.223 e. The van der Waals surface area contributed by atoms with E-state index < -0.39 is 0 Å². The Balaban J connectivity index is 1.54. The lowest BCUT2D eigenvalue weighted by Gasteiger charge is -2.16. The van der Waals surface area contributed by atoms with Gasteiger partial charge in [0.2, 0.25) is 5.88 Å². The Morgan fingerprint density at radius 1 is 0.789 bits per heavy atom. The predicted molar refractivity (Wildman–Crippen MR) is 155 cm³/mol. The first-order chi connectivity index (χ1) is 18.3. The van der Waals surface area contributed by atoms with E-state index in [0.29, 0.717) is 17.1 Å². The average Bonchev–Trinajstić information content (AvgIpc) is 3.21. The maximum atomic E-state index is 11.0. The molecule has 0 radical (unpaired) electrons. The molecule has 3 aromatic heterocycles. The summed E-state index contributed by atoms with van der Waals surface area (Å²) in [5.41, 5.74) is 5.75. The van der Waals surface area contributed by atoms with Crippen LogP contribution in [0.2, 0.25) is 0 Å². The molecule has 1 N–H and O–H groups in total. The molecule has 3 aromatic carbocycles. The minimum absolute atomic E-state index is 0.190. The van der Waals surface area contributed by atoms with E-state index in [2.05, 4.69) is 80.6 Å². The second-order valence-corrected chi connectivity index (χ2v) is 10.6. The molecule has 0 aliphatic carbocycles. The number of aromatic nitrogens is 3. The lowest BCUT2D eigenvalue weighted by molar-refractivity contribution is 0.450. The number of nitrogens with zero attached hydrogens (tertiary/aromatic N) is 3. The number of hydrogen-bond donors (Lipinski definition) is 1. The minimum atomic E-state index is 0.190. The van der Waals surface area contributed by atoms with Crippen molar-refractivity contribution in [1.29, 1.82) is 0 Å². The van der Waals surface area contributed by atoms with E-state index in [1.807, 2.05) is 42.6 Å². The minimum Gasteiger partial charge on any atom is -0.505 e. The van der Waals surface area contributed by atoms with E-state index in [1.54, 1.807) is 0 Å². The van der Waals surface area contributed by atoms with Crippen LogP contribution in [0.4, 0.5) is 0 Å². The number of aryl methyl sites for hydroxylation is 1. The van der Waals surface area contributed by atoms with Crippen LogP contribution < -0.4 is 4.74 Å². The quantitative estimate of drug-likeness (QED) is 0.256. The number of pyridine rings is 2. The van der Waals surface area contributed by atoms with Crippen molar-refractivity contribution in [2.24, 2.45) is 0 Å². The molecule has 38 heavy (non-hydrogen) atoms. The van der Waals surface area contributed by atoms with Crippen molar-refractivity contribution >= 4 is 32.7 Å². The Labute approximate surface area is 222 Å². The lowest BCUT2D eigenvalue weighted by Crippen LogP contribution is -2.00. The molecular weight excluding hydrogens is 470 g/mol. The van der Waals surface area contributed by atoms with Crippen LogP contribution in [0.1, 0.15) is 56.2 Å². The zero-order chi connectivity index (χ0) is 26.6. The zero-order valence-electron chi connectivity index (χ0n) is 22.4. The first-order valence-corrected chi connectivity index (χ1v) is 13.1. The fraction of sp³-hybridized carbons (Fsp3) is 0.212. The van der Waals surface area contributed by atoms with Crippen LogP contribution >= 0.6 is 0 Å². The fourth-order valence-corrected chi connectivity index (χ4v) is 5.22. The zero-order valence-corrected chi connectivity index (χ0v) is 22.4. The molecule has 5 heteroatoms. The number of phenols is 1. The Hall–Kier alpha value is -4.38. The molecule has 0 atom stereocenters. The number of hydrogen-bond acceptors (Lipinski definition) is 4. The van der Waals surface area contributed by atoms with Gasteiger partial charge in [-0.2, -0.15) is 0 Å². The number of aromatic hydroxyl groups is 1. The molecule has 6 aromatic rings. The summed E-state index contributed by atoms with van der Waals surface area (Å²) in [5, 5.41) is 14.2. The molecule has 6 rings (SSSR count). The average molecular weight is 502 g/mol. The highest BCUT2D eigenvalue weighted by atomic mass is 16.5. The molecule has 3 heterocycles. The van der Waals surface area contributed by atoms with Crippen LogP contribution in [0.5, 0.6) is 17.4 Å². The molecular formula is C33H31N3O2. The molecule has 0 unspecified atom stereocenters. The van der Waals surface area contributed by atoms with Gasteiger partial charge in [-0.1, -0.05) is 58.0 Å². The number of benzene rings is 3. The summed E-state index contributed by atoms with van der Waals surface area (Å²) >= 11 is 0. The third kappa shape index (κ3) is 3.95. The molecule has 0 saturated heterocycles. The summed E-state index contributed by atoms with van der Waals surface area (Å²) < 4.78 is 8.68. The third-order valence-electron chi connectivity index (χ3n) is 7.22. The standard InChI is InChI=1S/C33H31N3O2/c1-19(2)24-13-10-22-17-27(20(3)4)33(35-31(22)32(24)37)38-23-11-14-26-25-12-9-21(5)16-28(25)36(29(26)18-23)30-8-6-7-15-34-30/h6-20,37H,1-5H3. The van der Waals surface area contributed by atoms with Gasteiger partial charge in [-0.25, -0.2) is 9.97 Å². The van der Waals surface area contributed by atoms with Gasteiger partial charge in [-0.05, 0) is 66.3 Å². The molecule has 0 aliphatic heterocycles. The summed E-state index contributed by atoms with van der Waals surface area (Å²) in [5.74, 6) is 2.66. The van der Waals surface area contributed by atoms with E-state index >= 15 is 0 Å². The molecule has 0 fully saturated rings. The molecule has 0 bridgehead atoms. The van der Waals surface area contributed by atoms with Crippen LogP contribution in [-0.2, 0) is 0 Å². The number of fused-ring (bicyclic) bond motifs is 4. The fourth-order valence-electron chi connectivity index (χ4n) is 5.22.